The molecule has 3 aromatic carbocycles. The quantitative estimate of drug-likeness (QED) is 0.310. The van der Waals surface area contributed by atoms with Gasteiger partial charge in [0.1, 0.15) is 11.0 Å². The summed E-state index contributed by atoms with van der Waals surface area (Å²) in [6.07, 6.45) is 1.45. The minimum atomic E-state index is -0.712. The number of anilines is 2. The molecule has 1 saturated heterocycles. The van der Waals surface area contributed by atoms with Crippen LogP contribution in [0.15, 0.2) is 76.9 Å². The van der Waals surface area contributed by atoms with Crippen LogP contribution >= 0.6 is 23.4 Å². The number of phenolic OH excluding ortho intramolecular Hbond substituents is 1. The van der Waals surface area contributed by atoms with Gasteiger partial charge in [-0.2, -0.15) is 5.10 Å². The summed E-state index contributed by atoms with van der Waals surface area (Å²) in [5, 5.41) is 21.0. The molecule has 2 N–H and O–H groups in total. The average Bonchev–Trinajstić information content (AvgIpc) is 3.20. The van der Waals surface area contributed by atoms with Crippen molar-refractivity contribution in [3.05, 3.63) is 77.3 Å². The molecule has 0 radical (unpaired) electrons. The van der Waals surface area contributed by atoms with Gasteiger partial charge < -0.3 is 19.9 Å². The van der Waals surface area contributed by atoms with Crippen molar-refractivity contribution in [3.8, 4) is 17.2 Å². The molecule has 1 fully saturated rings. The first-order valence-corrected chi connectivity index (χ1v) is 12.3. The molecular weight excluding hydrogens is 516 g/mol. The minimum absolute atomic E-state index is 0.0619. The Labute approximate surface area is 222 Å². The van der Waals surface area contributed by atoms with Gasteiger partial charge in [0, 0.05) is 17.1 Å². The van der Waals surface area contributed by atoms with Gasteiger partial charge in [-0.3, -0.25) is 14.5 Å². The molecule has 1 aliphatic rings. The smallest absolute Gasteiger partial charge is 0.247 e. The highest BCUT2D eigenvalue weighted by Gasteiger charge is 2.40. The molecule has 2 amide bonds. The van der Waals surface area contributed by atoms with Gasteiger partial charge in [0.05, 0.1) is 26.1 Å². The molecule has 190 valence electrons. The number of nitrogens with one attached hydrogen (secondary N) is 1. The number of carbonyl (C=O) groups excluding carboxylic acids is 2. The van der Waals surface area contributed by atoms with Crippen molar-refractivity contribution in [1.82, 2.24) is 0 Å². The van der Waals surface area contributed by atoms with Crippen LogP contribution in [0.3, 0.4) is 0 Å². The van der Waals surface area contributed by atoms with E-state index in [0.717, 1.165) is 11.8 Å². The SMILES string of the molecule is COc1ccc(/C=N/N=C2/SC(CC(=O)Nc3ccc(Cl)cc3)C(=O)N2c2ccc(O)cc2)cc1OC. The van der Waals surface area contributed by atoms with Crippen LogP contribution in [0.25, 0.3) is 0 Å². The number of hydrogen-bond acceptors (Lipinski definition) is 8. The second kappa shape index (κ2) is 11.8. The lowest BCUT2D eigenvalue weighted by molar-refractivity contribution is -0.121. The van der Waals surface area contributed by atoms with E-state index in [9.17, 15) is 14.7 Å². The van der Waals surface area contributed by atoms with Crippen LogP contribution < -0.4 is 19.7 Å². The van der Waals surface area contributed by atoms with Crippen LogP contribution in [0, 0.1) is 0 Å². The van der Waals surface area contributed by atoms with Crippen molar-refractivity contribution < 1.29 is 24.2 Å². The lowest BCUT2D eigenvalue weighted by Gasteiger charge is -2.16. The normalized spacial score (nSPS) is 16.4. The van der Waals surface area contributed by atoms with E-state index in [1.807, 2.05) is 0 Å². The largest absolute Gasteiger partial charge is 0.508 e. The van der Waals surface area contributed by atoms with Crippen molar-refractivity contribution in [2.24, 2.45) is 10.2 Å². The highest BCUT2D eigenvalue weighted by Crippen LogP contribution is 2.35. The van der Waals surface area contributed by atoms with E-state index in [1.165, 1.54) is 23.2 Å². The summed E-state index contributed by atoms with van der Waals surface area (Å²) in [5.74, 6) is 0.547. The summed E-state index contributed by atoms with van der Waals surface area (Å²) >= 11 is 7.04. The Hall–Kier alpha value is -4.02. The topological polar surface area (TPSA) is 113 Å². The third-order valence-electron chi connectivity index (χ3n) is 5.30. The molecule has 1 unspecified atom stereocenters. The van der Waals surface area contributed by atoms with Crippen LogP contribution in [0.4, 0.5) is 11.4 Å². The number of aromatic hydroxyl groups is 1. The number of thioether (sulfide) groups is 1. The van der Waals surface area contributed by atoms with E-state index < -0.39 is 5.25 Å². The average molecular weight is 539 g/mol. The van der Waals surface area contributed by atoms with Crippen LogP contribution in [-0.4, -0.2) is 47.8 Å². The van der Waals surface area contributed by atoms with Crippen LogP contribution in [0.1, 0.15) is 12.0 Å². The van der Waals surface area contributed by atoms with Gasteiger partial charge in [-0.25, -0.2) is 0 Å². The van der Waals surface area contributed by atoms with E-state index in [-0.39, 0.29) is 24.0 Å². The van der Waals surface area contributed by atoms with Crippen molar-refractivity contribution in [2.45, 2.75) is 11.7 Å². The van der Waals surface area contributed by atoms with Gasteiger partial charge in [0.2, 0.25) is 11.8 Å². The highest BCUT2D eigenvalue weighted by atomic mass is 35.5. The highest BCUT2D eigenvalue weighted by molar-refractivity contribution is 8.16. The summed E-state index contributed by atoms with van der Waals surface area (Å²) in [6.45, 7) is 0. The fourth-order valence-corrected chi connectivity index (χ4v) is 4.71. The molecule has 0 aliphatic carbocycles. The van der Waals surface area contributed by atoms with Crippen molar-refractivity contribution in [2.75, 3.05) is 24.4 Å². The first-order valence-electron chi connectivity index (χ1n) is 11.1. The zero-order valence-corrected chi connectivity index (χ0v) is 21.5. The Morgan fingerprint density at radius 3 is 2.46 bits per heavy atom. The minimum Gasteiger partial charge on any atom is -0.508 e. The summed E-state index contributed by atoms with van der Waals surface area (Å²) in [5.41, 5.74) is 1.79. The maximum atomic E-state index is 13.3. The number of halogens is 1. The van der Waals surface area contributed by atoms with Gasteiger partial charge in [-0.15, -0.1) is 5.10 Å². The predicted octanol–water partition coefficient (Wildman–Crippen LogP) is 4.93. The van der Waals surface area contributed by atoms with E-state index >= 15 is 0 Å². The number of nitrogens with zero attached hydrogens (tertiary/aromatic N) is 3. The number of ether oxygens (including phenoxy) is 2. The third-order valence-corrected chi connectivity index (χ3v) is 6.68. The van der Waals surface area contributed by atoms with Gasteiger partial charge in [-0.1, -0.05) is 23.4 Å². The molecule has 0 aromatic heterocycles. The summed E-state index contributed by atoms with van der Waals surface area (Å²) in [4.78, 5) is 27.3. The lowest BCUT2D eigenvalue weighted by atomic mass is 10.2. The number of methoxy groups -OCH3 is 2. The van der Waals surface area contributed by atoms with Crippen molar-refractivity contribution in [3.63, 3.8) is 0 Å². The van der Waals surface area contributed by atoms with Gasteiger partial charge in [-0.05, 0) is 72.3 Å². The summed E-state index contributed by atoms with van der Waals surface area (Å²) < 4.78 is 10.6. The molecule has 1 aliphatic heterocycles. The first-order chi connectivity index (χ1) is 17.9. The molecule has 4 rings (SSSR count). The van der Waals surface area contributed by atoms with Crippen LogP contribution in [0.2, 0.25) is 5.02 Å². The molecule has 0 saturated carbocycles. The number of rotatable bonds is 8. The molecule has 1 atom stereocenters. The Morgan fingerprint density at radius 1 is 1.08 bits per heavy atom. The maximum absolute atomic E-state index is 13.3. The summed E-state index contributed by atoms with van der Waals surface area (Å²) in [7, 11) is 3.09. The Kier molecular flexibility index (Phi) is 8.32. The third kappa shape index (κ3) is 6.41. The molecule has 1 heterocycles. The Bertz CT molecular complexity index is 1350. The van der Waals surface area contributed by atoms with Crippen LogP contribution in [-0.2, 0) is 9.59 Å². The molecule has 9 nitrogen and oxygen atoms in total. The molecule has 3 aromatic rings. The predicted molar refractivity (Wildman–Crippen MR) is 146 cm³/mol. The number of benzene rings is 3. The van der Waals surface area contributed by atoms with Crippen molar-refractivity contribution in [1.29, 1.82) is 0 Å². The maximum Gasteiger partial charge on any atom is 0.247 e. The molecule has 37 heavy (non-hydrogen) atoms. The van der Waals surface area contributed by atoms with E-state index in [0.29, 0.717) is 38.6 Å². The zero-order chi connectivity index (χ0) is 26.4. The molecule has 11 heteroatoms. The van der Waals surface area contributed by atoms with E-state index in [1.54, 1.807) is 68.8 Å². The number of hydrogen-bond donors (Lipinski definition) is 2. The van der Waals surface area contributed by atoms with Gasteiger partial charge in [0.25, 0.3) is 0 Å². The number of amidine groups is 1. The molecular formula is C26H23ClN4O5S. The lowest BCUT2D eigenvalue weighted by Crippen LogP contribution is -2.33. The number of phenols is 1. The van der Waals surface area contributed by atoms with Gasteiger partial charge in [0.15, 0.2) is 16.7 Å². The Balaban J connectivity index is 1.55. The fourth-order valence-electron chi connectivity index (χ4n) is 3.50. The zero-order valence-electron chi connectivity index (χ0n) is 19.9. The first kappa shape index (κ1) is 26.1. The van der Waals surface area contributed by atoms with Gasteiger partial charge >= 0.3 is 0 Å². The molecule has 0 bridgehead atoms. The second-order valence-electron chi connectivity index (χ2n) is 7.80. The molecule has 0 spiro atoms. The standard InChI is InChI=1S/C26H23ClN4O5S/c1-35-21-12-3-16(13-22(21)36-2)15-28-30-26-31(19-8-10-20(32)11-9-19)25(34)23(37-26)14-24(33)29-18-6-4-17(27)5-7-18/h3-13,15,23,32H,14H2,1-2H3,(H,29,33)/b28-15+,30-26+. The number of carbonyl (C=O) groups is 2. The van der Waals surface area contributed by atoms with Crippen molar-refractivity contribution >= 4 is 57.9 Å². The summed E-state index contributed by atoms with van der Waals surface area (Å²) in [6, 6.07) is 18.1. The van der Waals surface area contributed by atoms with E-state index in [2.05, 4.69) is 15.5 Å². The van der Waals surface area contributed by atoms with E-state index in [4.69, 9.17) is 21.1 Å². The number of amides is 2. The Morgan fingerprint density at radius 2 is 1.78 bits per heavy atom. The second-order valence-corrected chi connectivity index (χ2v) is 9.40. The monoisotopic (exact) mass is 538 g/mol. The fraction of sp³-hybridized carbons (Fsp3) is 0.154. The van der Waals surface area contributed by atoms with Crippen LogP contribution in [0.5, 0.6) is 17.2 Å².